The highest BCUT2D eigenvalue weighted by Crippen LogP contribution is 2.20. The highest BCUT2D eigenvalue weighted by Gasteiger charge is 2.22. The molecule has 2 aromatic heterocycles. The maximum Gasteiger partial charge on any atom is 0.293 e. The molecule has 1 amide bonds. The highest BCUT2D eigenvalue weighted by atomic mass is 16.2. The van der Waals surface area contributed by atoms with Gasteiger partial charge >= 0.3 is 0 Å². The molecule has 7 heteroatoms. The standard InChI is InChI=1S/C20H25N5O2/c1-14-16-12-22-25(20(2,3)4)18(16)19(27)24(23-14)13-17(26)21-11-10-15-8-6-5-7-9-15/h5-9,12H,10-11,13H2,1-4H3,(H,21,26). The third-order valence-corrected chi connectivity index (χ3v) is 4.37. The molecule has 0 aliphatic rings. The average Bonchev–Trinajstić information content (AvgIpc) is 3.07. The van der Waals surface area contributed by atoms with Crippen LogP contribution in [0.25, 0.3) is 10.9 Å². The Balaban J connectivity index is 1.77. The van der Waals surface area contributed by atoms with Crippen LogP contribution in [-0.2, 0) is 23.3 Å². The summed E-state index contributed by atoms with van der Waals surface area (Å²) in [6.45, 7) is 8.17. The topological polar surface area (TPSA) is 81.8 Å². The summed E-state index contributed by atoms with van der Waals surface area (Å²) in [6.07, 6.45) is 2.40. The molecule has 0 unspecified atom stereocenters. The monoisotopic (exact) mass is 367 g/mol. The minimum Gasteiger partial charge on any atom is -0.354 e. The van der Waals surface area contributed by atoms with Gasteiger partial charge in [0, 0.05) is 11.9 Å². The van der Waals surface area contributed by atoms with Crippen molar-refractivity contribution in [3.05, 3.63) is 58.1 Å². The fourth-order valence-corrected chi connectivity index (χ4v) is 3.02. The molecule has 7 nitrogen and oxygen atoms in total. The van der Waals surface area contributed by atoms with Crippen molar-refractivity contribution in [1.82, 2.24) is 24.9 Å². The maximum atomic E-state index is 12.9. The molecule has 27 heavy (non-hydrogen) atoms. The van der Waals surface area contributed by atoms with E-state index in [9.17, 15) is 9.59 Å². The number of fused-ring (bicyclic) bond motifs is 1. The summed E-state index contributed by atoms with van der Waals surface area (Å²) >= 11 is 0. The zero-order valence-corrected chi connectivity index (χ0v) is 16.2. The Hall–Kier alpha value is -2.96. The van der Waals surface area contributed by atoms with Crippen LogP contribution < -0.4 is 10.9 Å². The lowest BCUT2D eigenvalue weighted by atomic mass is 10.1. The molecule has 0 atom stereocenters. The first-order chi connectivity index (χ1) is 12.8. The van der Waals surface area contributed by atoms with E-state index in [-0.39, 0.29) is 23.6 Å². The number of hydrogen-bond donors (Lipinski definition) is 1. The van der Waals surface area contributed by atoms with Gasteiger partial charge in [-0.15, -0.1) is 0 Å². The van der Waals surface area contributed by atoms with Crippen LogP contribution >= 0.6 is 0 Å². The van der Waals surface area contributed by atoms with Crippen molar-refractivity contribution in [3.63, 3.8) is 0 Å². The minimum absolute atomic E-state index is 0.111. The molecule has 1 N–H and O–H groups in total. The minimum atomic E-state index is -0.343. The van der Waals surface area contributed by atoms with Crippen molar-refractivity contribution in [1.29, 1.82) is 0 Å². The zero-order chi connectivity index (χ0) is 19.6. The maximum absolute atomic E-state index is 12.9. The third-order valence-electron chi connectivity index (χ3n) is 4.37. The van der Waals surface area contributed by atoms with Crippen LogP contribution in [0.5, 0.6) is 0 Å². The normalized spacial score (nSPS) is 11.7. The van der Waals surface area contributed by atoms with E-state index in [0.717, 1.165) is 17.4 Å². The van der Waals surface area contributed by atoms with Gasteiger partial charge in [-0.2, -0.15) is 10.2 Å². The molecular weight excluding hydrogens is 342 g/mol. The molecular formula is C20H25N5O2. The number of nitrogens with one attached hydrogen (secondary N) is 1. The summed E-state index contributed by atoms with van der Waals surface area (Å²) < 4.78 is 2.92. The van der Waals surface area contributed by atoms with Crippen molar-refractivity contribution in [2.45, 2.75) is 46.2 Å². The SMILES string of the molecule is Cc1nn(CC(=O)NCCc2ccccc2)c(=O)c2c1cnn2C(C)(C)C. The summed E-state index contributed by atoms with van der Waals surface area (Å²) in [5.41, 5.74) is 1.66. The number of benzene rings is 1. The molecule has 0 bridgehead atoms. The zero-order valence-electron chi connectivity index (χ0n) is 16.2. The Labute approximate surface area is 158 Å². The number of aromatic nitrogens is 4. The Morgan fingerprint density at radius 2 is 1.89 bits per heavy atom. The number of carbonyl (C=O) groups excluding carboxylic acids is 1. The van der Waals surface area contributed by atoms with Gasteiger partial charge in [-0.05, 0) is 39.7 Å². The van der Waals surface area contributed by atoms with Crippen LogP contribution in [0.4, 0.5) is 0 Å². The van der Waals surface area contributed by atoms with E-state index in [4.69, 9.17) is 0 Å². The molecule has 3 rings (SSSR count). The van der Waals surface area contributed by atoms with E-state index in [1.807, 2.05) is 58.0 Å². The van der Waals surface area contributed by atoms with Gasteiger partial charge < -0.3 is 5.32 Å². The first-order valence-corrected chi connectivity index (χ1v) is 9.04. The quantitative estimate of drug-likeness (QED) is 0.748. The van der Waals surface area contributed by atoms with Gasteiger partial charge in [-0.1, -0.05) is 30.3 Å². The molecule has 0 aliphatic heterocycles. The molecule has 0 fully saturated rings. The third kappa shape index (κ3) is 4.07. The lowest BCUT2D eigenvalue weighted by Crippen LogP contribution is -2.36. The molecule has 0 saturated heterocycles. The molecule has 0 radical (unpaired) electrons. The van der Waals surface area contributed by atoms with Crippen molar-refractivity contribution in [2.75, 3.05) is 6.54 Å². The van der Waals surface area contributed by atoms with Crippen LogP contribution in [0.2, 0.25) is 0 Å². The van der Waals surface area contributed by atoms with E-state index < -0.39 is 0 Å². The second-order valence-corrected chi connectivity index (χ2v) is 7.62. The first-order valence-electron chi connectivity index (χ1n) is 9.04. The Morgan fingerprint density at radius 3 is 2.56 bits per heavy atom. The van der Waals surface area contributed by atoms with Crippen molar-refractivity contribution in [2.24, 2.45) is 0 Å². The number of nitrogens with zero attached hydrogens (tertiary/aromatic N) is 4. The van der Waals surface area contributed by atoms with E-state index >= 15 is 0 Å². The van der Waals surface area contributed by atoms with Gasteiger partial charge in [-0.3, -0.25) is 14.3 Å². The molecule has 1 aromatic carbocycles. The van der Waals surface area contributed by atoms with Gasteiger partial charge in [-0.25, -0.2) is 4.68 Å². The number of aryl methyl sites for hydroxylation is 1. The van der Waals surface area contributed by atoms with E-state index in [1.54, 1.807) is 10.9 Å². The predicted molar refractivity (Wildman–Crippen MR) is 105 cm³/mol. The fraction of sp³-hybridized carbons (Fsp3) is 0.400. The second kappa shape index (κ2) is 7.34. The molecule has 3 aromatic rings. The molecule has 0 saturated carbocycles. The molecule has 2 heterocycles. The van der Waals surface area contributed by atoms with Crippen LogP contribution in [0.1, 0.15) is 32.0 Å². The number of carbonyl (C=O) groups is 1. The van der Waals surface area contributed by atoms with Crippen molar-refractivity contribution in [3.8, 4) is 0 Å². The number of hydrogen-bond acceptors (Lipinski definition) is 4. The molecule has 0 spiro atoms. The Morgan fingerprint density at radius 1 is 1.19 bits per heavy atom. The Kier molecular flexibility index (Phi) is 5.12. The largest absolute Gasteiger partial charge is 0.354 e. The molecule has 0 aliphatic carbocycles. The summed E-state index contributed by atoms with van der Waals surface area (Å²) in [5.74, 6) is -0.235. The average molecular weight is 367 g/mol. The van der Waals surface area contributed by atoms with Crippen LogP contribution in [0.3, 0.4) is 0 Å². The fourth-order valence-electron chi connectivity index (χ4n) is 3.02. The summed E-state index contributed by atoms with van der Waals surface area (Å²) in [4.78, 5) is 25.2. The first kappa shape index (κ1) is 18.8. The van der Waals surface area contributed by atoms with E-state index in [0.29, 0.717) is 17.8 Å². The number of rotatable bonds is 5. The Bertz CT molecular complexity index is 1010. The van der Waals surface area contributed by atoms with Crippen LogP contribution in [-0.4, -0.2) is 32.0 Å². The van der Waals surface area contributed by atoms with Gasteiger partial charge in [0.15, 0.2) is 0 Å². The van der Waals surface area contributed by atoms with Crippen LogP contribution in [0, 0.1) is 6.92 Å². The molecule has 142 valence electrons. The lowest BCUT2D eigenvalue weighted by Gasteiger charge is -2.20. The van der Waals surface area contributed by atoms with Gasteiger partial charge in [0.2, 0.25) is 5.91 Å². The van der Waals surface area contributed by atoms with E-state index in [2.05, 4.69) is 15.5 Å². The summed E-state index contributed by atoms with van der Waals surface area (Å²) in [5, 5.41) is 12.2. The smallest absolute Gasteiger partial charge is 0.293 e. The van der Waals surface area contributed by atoms with Crippen molar-refractivity contribution >= 4 is 16.8 Å². The summed E-state index contributed by atoms with van der Waals surface area (Å²) in [7, 11) is 0. The van der Waals surface area contributed by atoms with Crippen molar-refractivity contribution < 1.29 is 4.79 Å². The van der Waals surface area contributed by atoms with E-state index in [1.165, 1.54) is 4.68 Å². The van der Waals surface area contributed by atoms with Gasteiger partial charge in [0.25, 0.3) is 5.56 Å². The predicted octanol–water partition coefficient (Wildman–Crippen LogP) is 2.02. The number of amides is 1. The second-order valence-electron chi connectivity index (χ2n) is 7.62. The van der Waals surface area contributed by atoms with Gasteiger partial charge in [0.05, 0.1) is 17.4 Å². The van der Waals surface area contributed by atoms with Crippen LogP contribution in [0.15, 0.2) is 41.3 Å². The lowest BCUT2D eigenvalue weighted by molar-refractivity contribution is -0.121. The highest BCUT2D eigenvalue weighted by molar-refractivity contribution is 5.81. The summed E-state index contributed by atoms with van der Waals surface area (Å²) in [6, 6.07) is 9.93. The van der Waals surface area contributed by atoms with Gasteiger partial charge in [0.1, 0.15) is 12.1 Å².